The molecule has 0 aliphatic rings. The van der Waals surface area contributed by atoms with Crippen LogP contribution in [0.2, 0.25) is 0 Å². The molecule has 0 aliphatic heterocycles. The van der Waals surface area contributed by atoms with Crippen LogP contribution in [0.15, 0.2) is 0 Å². The molecular weight excluding hydrogens is 270 g/mol. The van der Waals surface area contributed by atoms with E-state index in [1.165, 1.54) is 0 Å². The summed E-state index contributed by atoms with van der Waals surface area (Å²) in [5.74, 6) is 0. The van der Waals surface area contributed by atoms with Gasteiger partial charge in [0, 0.05) is 81.0 Å². The van der Waals surface area contributed by atoms with Crippen molar-refractivity contribution in [3.63, 3.8) is 0 Å². The van der Waals surface area contributed by atoms with Gasteiger partial charge in [-0.15, -0.1) is 0 Å². The van der Waals surface area contributed by atoms with Gasteiger partial charge in [-0.25, -0.2) is 0 Å². The van der Waals surface area contributed by atoms with Crippen LogP contribution in [0.25, 0.3) is 0 Å². The summed E-state index contributed by atoms with van der Waals surface area (Å²) in [7, 11) is 0. The summed E-state index contributed by atoms with van der Waals surface area (Å²) in [6.45, 7) is 0. The number of hydrogen-bond acceptors (Lipinski definition) is 0. The third-order valence-electron chi connectivity index (χ3n) is 0. The predicted octanol–water partition coefficient (Wildman–Crippen LogP) is -0.391. The summed E-state index contributed by atoms with van der Waals surface area (Å²) in [5.41, 5.74) is 0. The maximum Gasteiger partial charge on any atom is 0 e. The SMILES string of the molecule is [B].[Cr].[Fe].[Mn].[Mo]. The minimum absolute atomic E-state index is 0. The Balaban J connectivity index is 0. The first-order valence-corrected chi connectivity index (χ1v) is 0. The Morgan fingerprint density at radius 1 is 1.00 bits per heavy atom. The van der Waals surface area contributed by atoms with Crippen LogP contribution in [-0.2, 0) is 72.6 Å². The molecule has 0 rings (SSSR count). The molecule has 0 amide bonds. The van der Waals surface area contributed by atoms with Crippen molar-refractivity contribution in [3.05, 3.63) is 0 Å². The van der Waals surface area contributed by atoms with Crippen molar-refractivity contribution in [3.8, 4) is 0 Å². The minimum Gasteiger partial charge on any atom is 0 e. The van der Waals surface area contributed by atoms with E-state index in [2.05, 4.69) is 0 Å². The van der Waals surface area contributed by atoms with E-state index in [9.17, 15) is 0 Å². The molecule has 0 bridgehead atoms. The third-order valence-corrected chi connectivity index (χ3v) is 0. The van der Waals surface area contributed by atoms with Gasteiger partial charge in [-0.2, -0.15) is 0 Å². The molecule has 0 aromatic rings. The maximum atomic E-state index is 0. The van der Waals surface area contributed by atoms with Crippen LogP contribution in [0, 0.1) is 0 Å². The van der Waals surface area contributed by atoms with Gasteiger partial charge in [0.1, 0.15) is 0 Å². The third kappa shape index (κ3) is 21.9. The Morgan fingerprint density at radius 3 is 1.00 bits per heavy atom. The van der Waals surface area contributed by atoms with E-state index in [-0.39, 0.29) is 81.0 Å². The Morgan fingerprint density at radius 2 is 1.00 bits per heavy atom. The summed E-state index contributed by atoms with van der Waals surface area (Å²) >= 11 is 0. The van der Waals surface area contributed by atoms with Crippen molar-refractivity contribution in [2.24, 2.45) is 0 Å². The molecule has 4 radical (unpaired) electrons. The van der Waals surface area contributed by atoms with Crippen molar-refractivity contribution in [2.45, 2.75) is 0 Å². The molecule has 0 atom stereocenters. The molecule has 0 spiro atoms. The molecule has 0 saturated carbocycles. The molecule has 30 valence electrons. The van der Waals surface area contributed by atoms with E-state index >= 15 is 0 Å². The van der Waals surface area contributed by atoms with E-state index in [1.807, 2.05) is 0 Å². The molecule has 5 heteroatoms. The quantitative estimate of drug-likeness (QED) is 0.526. The zero-order chi connectivity index (χ0) is 0. The summed E-state index contributed by atoms with van der Waals surface area (Å²) in [6.07, 6.45) is 0. The van der Waals surface area contributed by atoms with Crippen LogP contribution in [-0.4, -0.2) is 8.41 Å². The van der Waals surface area contributed by atoms with Crippen molar-refractivity contribution in [2.75, 3.05) is 0 Å². The van der Waals surface area contributed by atoms with E-state index in [0.29, 0.717) is 0 Å². The van der Waals surface area contributed by atoms with Gasteiger partial charge in [-0.1, -0.05) is 0 Å². The average Bonchev–Trinajstić information content (AvgIpc) is 0. The second-order valence-electron chi connectivity index (χ2n) is 0. The molecule has 0 heterocycles. The maximum absolute atomic E-state index is 0. The van der Waals surface area contributed by atoms with Gasteiger partial charge in [0.25, 0.3) is 0 Å². The molecule has 0 saturated heterocycles. The van der Waals surface area contributed by atoms with Crippen molar-refractivity contribution < 1.29 is 72.6 Å². The molecule has 0 nitrogen and oxygen atoms in total. The van der Waals surface area contributed by atoms with Crippen molar-refractivity contribution in [1.29, 1.82) is 0 Å². The van der Waals surface area contributed by atoms with Crippen LogP contribution < -0.4 is 0 Å². The van der Waals surface area contributed by atoms with Crippen LogP contribution >= 0.6 is 0 Å². The molecule has 0 aromatic heterocycles. The second kappa shape index (κ2) is 33.2. The van der Waals surface area contributed by atoms with E-state index < -0.39 is 0 Å². The Kier molecular flexibility index (Phi) is 360. The van der Waals surface area contributed by atoms with Gasteiger partial charge < -0.3 is 0 Å². The average molecular weight is 270 g/mol. The van der Waals surface area contributed by atoms with Crippen LogP contribution in [0.1, 0.15) is 0 Å². The normalized spacial score (nSPS) is 0. The Hall–Kier alpha value is 2.32. The first-order chi connectivity index (χ1) is 0. The molecule has 0 aliphatic carbocycles. The summed E-state index contributed by atoms with van der Waals surface area (Å²) < 4.78 is 0. The largest absolute Gasteiger partial charge is 0 e. The molecular formula is BCrFeMnMo. The fourth-order valence-corrected chi connectivity index (χ4v) is 0. The fourth-order valence-electron chi connectivity index (χ4n) is 0. The molecule has 5 heavy (non-hydrogen) atoms. The molecule has 0 fully saturated rings. The zero-order valence-electron chi connectivity index (χ0n) is 2.13. The van der Waals surface area contributed by atoms with Gasteiger partial charge in [0.05, 0.1) is 0 Å². The monoisotopic (exact) mass is 272 g/mol. The van der Waals surface area contributed by atoms with Gasteiger partial charge in [-0.05, 0) is 0 Å². The fraction of sp³-hybridized carbons (Fsp3) is 0. The minimum atomic E-state index is 0. The summed E-state index contributed by atoms with van der Waals surface area (Å²) in [4.78, 5) is 0. The Labute approximate surface area is 80.1 Å². The van der Waals surface area contributed by atoms with Crippen LogP contribution in [0.4, 0.5) is 0 Å². The number of rotatable bonds is 0. The topological polar surface area (TPSA) is 0 Å². The summed E-state index contributed by atoms with van der Waals surface area (Å²) in [6, 6.07) is 0. The second-order valence-corrected chi connectivity index (χ2v) is 0. The van der Waals surface area contributed by atoms with Gasteiger partial charge in [0.2, 0.25) is 0 Å². The number of hydrogen-bond donors (Lipinski definition) is 0. The zero-order valence-corrected chi connectivity index (χ0v) is 7.69. The van der Waals surface area contributed by atoms with Gasteiger partial charge in [0.15, 0.2) is 0 Å². The van der Waals surface area contributed by atoms with Gasteiger partial charge in [-0.3, -0.25) is 0 Å². The first-order valence-electron chi connectivity index (χ1n) is 0. The first kappa shape index (κ1) is 54.2. The van der Waals surface area contributed by atoms with E-state index in [1.54, 1.807) is 0 Å². The molecule has 0 aromatic carbocycles. The smallest absolute Gasteiger partial charge is 0 e. The van der Waals surface area contributed by atoms with Crippen LogP contribution in [0.3, 0.4) is 0 Å². The molecule has 0 unspecified atom stereocenters. The molecule has 0 N–H and O–H groups in total. The van der Waals surface area contributed by atoms with E-state index in [4.69, 9.17) is 0 Å². The van der Waals surface area contributed by atoms with E-state index in [0.717, 1.165) is 0 Å². The predicted molar refractivity (Wildman–Crippen MR) is 5.75 cm³/mol. The summed E-state index contributed by atoms with van der Waals surface area (Å²) in [5, 5.41) is 0. The van der Waals surface area contributed by atoms with Crippen molar-refractivity contribution >= 4 is 8.41 Å². The van der Waals surface area contributed by atoms with Gasteiger partial charge >= 0.3 is 0 Å². The standard InChI is InChI=1S/B.Cr.Fe.Mn.Mo. The Bertz CT molecular complexity index is 11.6. The van der Waals surface area contributed by atoms with Crippen molar-refractivity contribution in [1.82, 2.24) is 0 Å². The van der Waals surface area contributed by atoms with Crippen LogP contribution in [0.5, 0.6) is 0 Å².